The predicted molar refractivity (Wildman–Crippen MR) is 56.8 cm³/mol. The number of ether oxygens (including phenoxy) is 3. The van der Waals surface area contributed by atoms with Gasteiger partial charge in [0, 0.05) is 13.2 Å². The molecule has 1 aliphatic heterocycles. The minimum atomic E-state index is -0.385. The molecule has 0 radical (unpaired) electrons. The molecule has 1 aliphatic rings. The molecule has 4 heteroatoms. The molecular weight excluding hydrogens is 196 g/mol. The first-order valence-electron chi connectivity index (χ1n) is 5.65. The largest absolute Gasteiger partial charge is 0.390 e. The van der Waals surface area contributed by atoms with E-state index in [2.05, 4.69) is 13.8 Å². The van der Waals surface area contributed by atoms with E-state index in [4.69, 9.17) is 14.2 Å². The van der Waals surface area contributed by atoms with Gasteiger partial charge in [-0.25, -0.2) is 0 Å². The van der Waals surface area contributed by atoms with Crippen molar-refractivity contribution in [2.75, 3.05) is 33.0 Å². The van der Waals surface area contributed by atoms with Gasteiger partial charge in [0.15, 0.2) is 0 Å². The summed E-state index contributed by atoms with van der Waals surface area (Å²) in [6, 6.07) is 0. The first-order valence-corrected chi connectivity index (χ1v) is 5.65. The lowest BCUT2D eigenvalue weighted by molar-refractivity contribution is -0.125. The van der Waals surface area contributed by atoms with Gasteiger partial charge in [0.2, 0.25) is 0 Å². The van der Waals surface area contributed by atoms with Crippen LogP contribution in [0.4, 0.5) is 0 Å². The van der Waals surface area contributed by atoms with Gasteiger partial charge in [0.1, 0.15) is 6.10 Å². The van der Waals surface area contributed by atoms with Crippen LogP contribution in [0.2, 0.25) is 0 Å². The summed E-state index contributed by atoms with van der Waals surface area (Å²) in [4.78, 5) is 0. The average Bonchev–Trinajstić information content (AvgIpc) is 2.20. The molecule has 1 heterocycles. The van der Waals surface area contributed by atoms with Crippen LogP contribution >= 0.6 is 0 Å². The van der Waals surface area contributed by atoms with E-state index >= 15 is 0 Å². The fraction of sp³-hybridized carbons (Fsp3) is 1.00. The summed E-state index contributed by atoms with van der Waals surface area (Å²) in [5.41, 5.74) is 0. The van der Waals surface area contributed by atoms with Crippen LogP contribution in [0.3, 0.4) is 0 Å². The Labute approximate surface area is 91.5 Å². The van der Waals surface area contributed by atoms with Crippen molar-refractivity contribution in [2.24, 2.45) is 5.92 Å². The molecule has 0 bridgehead atoms. The fourth-order valence-corrected chi connectivity index (χ4v) is 1.44. The second-order valence-corrected chi connectivity index (χ2v) is 4.31. The lowest BCUT2D eigenvalue weighted by Gasteiger charge is -2.27. The summed E-state index contributed by atoms with van der Waals surface area (Å²) in [7, 11) is 0. The van der Waals surface area contributed by atoms with Crippen molar-refractivity contribution in [1.82, 2.24) is 0 Å². The van der Waals surface area contributed by atoms with Crippen LogP contribution in [0, 0.1) is 5.92 Å². The molecule has 90 valence electrons. The maximum absolute atomic E-state index is 9.57. The second-order valence-electron chi connectivity index (χ2n) is 4.31. The van der Waals surface area contributed by atoms with E-state index in [-0.39, 0.29) is 12.2 Å². The highest BCUT2D eigenvalue weighted by molar-refractivity contribution is 4.72. The highest BCUT2D eigenvalue weighted by Gasteiger charge is 2.23. The van der Waals surface area contributed by atoms with Crippen LogP contribution in [0.1, 0.15) is 20.3 Å². The first kappa shape index (κ1) is 12.9. The molecule has 0 spiro atoms. The number of aliphatic hydroxyl groups is 1. The molecule has 0 aromatic heterocycles. The molecule has 0 aromatic rings. The molecule has 1 fully saturated rings. The lowest BCUT2D eigenvalue weighted by atomic mass is 10.1. The molecule has 1 N–H and O–H groups in total. The van der Waals surface area contributed by atoms with E-state index in [1.807, 2.05) is 0 Å². The first-order chi connectivity index (χ1) is 7.20. The Bertz CT molecular complexity index is 161. The molecule has 1 rings (SSSR count). The third kappa shape index (κ3) is 5.47. The van der Waals surface area contributed by atoms with Crippen molar-refractivity contribution in [2.45, 2.75) is 32.5 Å². The Morgan fingerprint density at radius 1 is 1.40 bits per heavy atom. The van der Waals surface area contributed by atoms with Gasteiger partial charge < -0.3 is 19.3 Å². The second kappa shape index (κ2) is 7.17. The number of aliphatic hydroxyl groups excluding tert-OH is 1. The molecule has 0 saturated carbocycles. The Balaban J connectivity index is 1.99. The highest BCUT2D eigenvalue weighted by atomic mass is 16.6. The third-order valence-corrected chi connectivity index (χ3v) is 2.28. The molecule has 15 heavy (non-hydrogen) atoms. The Hall–Kier alpha value is -0.160. The number of hydrogen-bond acceptors (Lipinski definition) is 4. The third-order valence-electron chi connectivity index (χ3n) is 2.28. The summed E-state index contributed by atoms with van der Waals surface area (Å²) in [6.07, 6.45) is 0.0996. The zero-order valence-corrected chi connectivity index (χ0v) is 9.65. The van der Waals surface area contributed by atoms with Crippen molar-refractivity contribution in [3.8, 4) is 0 Å². The molecule has 1 saturated heterocycles. The van der Waals surface area contributed by atoms with Gasteiger partial charge in [-0.1, -0.05) is 13.8 Å². The maximum Gasteiger partial charge on any atom is 0.107 e. The van der Waals surface area contributed by atoms with Crippen molar-refractivity contribution in [1.29, 1.82) is 0 Å². The number of hydrogen-bond donors (Lipinski definition) is 1. The normalized spacial score (nSPS) is 27.2. The smallest absolute Gasteiger partial charge is 0.107 e. The SMILES string of the molecule is CC(C)COCCOC1COCCC1O. The van der Waals surface area contributed by atoms with Crippen LogP contribution < -0.4 is 0 Å². The van der Waals surface area contributed by atoms with Crippen molar-refractivity contribution >= 4 is 0 Å². The van der Waals surface area contributed by atoms with Crippen LogP contribution in [0.25, 0.3) is 0 Å². The molecule has 0 aromatic carbocycles. The van der Waals surface area contributed by atoms with Gasteiger partial charge >= 0.3 is 0 Å². The quantitative estimate of drug-likeness (QED) is 0.671. The highest BCUT2D eigenvalue weighted by Crippen LogP contribution is 2.10. The summed E-state index contributed by atoms with van der Waals surface area (Å²) < 4.78 is 16.1. The van der Waals surface area contributed by atoms with Crippen LogP contribution in [-0.4, -0.2) is 50.3 Å². The van der Waals surface area contributed by atoms with Crippen LogP contribution in [0.5, 0.6) is 0 Å². The molecule has 2 atom stereocenters. The minimum Gasteiger partial charge on any atom is -0.390 e. The van der Waals surface area contributed by atoms with Crippen molar-refractivity contribution in [3.63, 3.8) is 0 Å². The maximum atomic E-state index is 9.57. The van der Waals surface area contributed by atoms with E-state index in [1.54, 1.807) is 0 Å². The van der Waals surface area contributed by atoms with Crippen LogP contribution in [-0.2, 0) is 14.2 Å². The molecule has 0 aliphatic carbocycles. The summed E-state index contributed by atoms with van der Waals surface area (Å²) in [6.45, 7) is 7.21. The topological polar surface area (TPSA) is 47.9 Å². The van der Waals surface area contributed by atoms with E-state index in [0.717, 1.165) is 6.61 Å². The zero-order chi connectivity index (χ0) is 11.1. The van der Waals surface area contributed by atoms with Crippen molar-refractivity contribution in [3.05, 3.63) is 0 Å². The minimum absolute atomic E-state index is 0.179. The van der Waals surface area contributed by atoms with E-state index < -0.39 is 0 Å². The van der Waals surface area contributed by atoms with Crippen molar-refractivity contribution < 1.29 is 19.3 Å². The van der Waals surface area contributed by atoms with Gasteiger partial charge in [-0.15, -0.1) is 0 Å². The van der Waals surface area contributed by atoms with Crippen LogP contribution in [0.15, 0.2) is 0 Å². The molecule has 4 nitrogen and oxygen atoms in total. The Morgan fingerprint density at radius 2 is 2.20 bits per heavy atom. The van der Waals surface area contributed by atoms with Gasteiger partial charge in [0.25, 0.3) is 0 Å². The Kier molecular flexibility index (Phi) is 6.17. The van der Waals surface area contributed by atoms with E-state index in [1.165, 1.54) is 0 Å². The van der Waals surface area contributed by atoms with E-state index in [0.29, 0.717) is 38.8 Å². The fourth-order valence-electron chi connectivity index (χ4n) is 1.44. The van der Waals surface area contributed by atoms with Gasteiger partial charge in [-0.05, 0) is 12.3 Å². The molecule has 2 unspecified atom stereocenters. The summed E-state index contributed by atoms with van der Waals surface area (Å²) >= 11 is 0. The lowest BCUT2D eigenvalue weighted by Crippen LogP contribution is -2.39. The van der Waals surface area contributed by atoms with E-state index in [9.17, 15) is 5.11 Å². The average molecular weight is 218 g/mol. The molecular formula is C11H22O4. The predicted octanol–water partition coefficient (Wildman–Crippen LogP) is 0.825. The summed E-state index contributed by atoms with van der Waals surface area (Å²) in [5.74, 6) is 0.550. The molecule has 0 amide bonds. The van der Waals surface area contributed by atoms with Gasteiger partial charge in [-0.2, -0.15) is 0 Å². The zero-order valence-electron chi connectivity index (χ0n) is 9.65. The standard InChI is InChI=1S/C11H22O4/c1-9(2)7-14-5-6-15-11-8-13-4-3-10(11)12/h9-12H,3-8H2,1-2H3. The monoisotopic (exact) mass is 218 g/mol. The van der Waals surface area contributed by atoms with Gasteiger partial charge in [0.05, 0.1) is 25.9 Å². The summed E-state index contributed by atoms with van der Waals surface area (Å²) in [5, 5.41) is 9.57. The number of rotatable bonds is 6. The van der Waals surface area contributed by atoms with Gasteiger partial charge in [-0.3, -0.25) is 0 Å². The Morgan fingerprint density at radius 3 is 2.87 bits per heavy atom.